The molecule has 0 aliphatic heterocycles. The fourth-order valence-corrected chi connectivity index (χ4v) is 0. The standard InChI is InChI=1S/C2H8N2.CH4N2S.Na.H/c3-1-2-4;2-1(3)4;;/h1-4H2;(H4,2,3,4);;/q;;+1;-1. The van der Waals surface area contributed by atoms with Crippen LogP contribution >= 0.6 is 12.2 Å². The van der Waals surface area contributed by atoms with Gasteiger partial charge >= 0.3 is 29.6 Å². The van der Waals surface area contributed by atoms with Gasteiger partial charge in [-0.1, -0.05) is 0 Å². The molecule has 0 fully saturated rings. The SMILES string of the molecule is NC(N)=S.NCCN.[H-].[Na+]. The Bertz CT molecular complexity index is 58.5. The third kappa shape index (κ3) is 145. The first kappa shape index (κ1) is 16.3. The first-order chi connectivity index (χ1) is 3.65. The average Bonchev–Trinajstić information content (AvgIpc) is 1.65. The van der Waals surface area contributed by atoms with Crippen LogP contribution in [0.15, 0.2) is 0 Å². The van der Waals surface area contributed by atoms with E-state index in [4.69, 9.17) is 11.5 Å². The van der Waals surface area contributed by atoms with E-state index in [-0.39, 0.29) is 36.1 Å². The van der Waals surface area contributed by atoms with E-state index in [2.05, 4.69) is 23.7 Å². The van der Waals surface area contributed by atoms with Gasteiger partial charge in [0.1, 0.15) is 0 Å². The molecular weight excluding hydrogens is 147 g/mol. The molecule has 0 aromatic heterocycles. The quantitative estimate of drug-likeness (QED) is 0.228. The van der Waals surface area contributed by atoms with Crippen molar-refractivity contribution in [2.45, 2.75) is 0 Å². The van der Waals surface area contributed by atoms with E-state index in [1.54, 1.807) is 0 Å². The van der Waals surface area contributed by atoms with Crippen LogP contribution in [0.3, 0.4) is 0 Å². The first-order valence-electron chi connectivity index (χ1n) is 2.10. The van der Waals surface area contributed by atoms with Gasteiger partial charge < -0.3 is 24.4 Å². The van der Waals surface area contributed by atoms with Crippen molar-refractivity contribution in [3.63, 3.8) is 0 Å². The van der Waals surface area contributed by atoms with Gasteiger partial charge in [-0.15, -0.1) is 0 Å². The Morgan fingerprint density at radius 1 is 1.22 bits per heavy atom. The van der Waals surface area contributed by atoms with Gasteiger partial charge in [-0.3, -0.25) is 0 Å². The number of rotatable bonds is 1. The second-order valence-corrected chi connectivity index (χ2v) is 1.45. The van der Waals surface area contributed by atoms with E-state index in [0.717, 1.165) is 0 Å². The number of hydrogen-bond acceptors (Lipinski definition) is 3. The number of nitrogens with two attached hydrogens (primary N) is 4. The molecule has 0 aliphatic rings. The zero-order valence-corrected chi connectivity index (χ0v) is 8.45. The fraction of sp³-hybridized carbons (Fsp3) is 0.667. The summed E-state index contributed by atoms with van der Waals surface area (Å²) in [5.74, 6) is 0. The summed E-state index contributed by atoms with van der Waals surface area (Å²) >= 11 is 4.09. The minimum absolute atomic E-state index is 0. The molecule has 9 heavy (non-hydrogen) atoms. The maximum Gasteiger partial charge on any atom is 1.00 e. The van der Waals surface area contributed by atoms with Crippen LogP contribution in [0.1, 0.15) is 1.43 Å². The minimum atomic E-state index is 0. The summed E-state index contributed by atoms with van der Waals surface area (Å²) in [5.41, 5.74) is 19.0. The van der Waals surface area contributed by atoms with Crippen LogP contribution in [-0.2, 0) is 0 Å². The molecule has 0 rings (SSSR count). The smallest absolute Gasteiger partial charge is 1.00 e. The van der Waals surface area contributed by atoms with Crippen LogP contribution in [0.4, 0.5) is 0 Å². The average molecular weight is 160 g/mol. The van der Waals surface area contributed by atoms with Crippen LogP contribution in [-0.4, -0.2) is 18.2 Å². The van der Waals surface area contributed by atoms with E-state index < -0.39 is 0 Å². The van der Waals surface area contributed by atoms with Crippen molar-refractivity contribution in [3.8, 4) is 0 Å². The van der Waals surface area contributed by atoms with Gasteiger partial charge in [-0.2, -0.15) is 0 Å². The second kappa shape index (κ2) is 15.8. The molecule has 0 spiro atoms. The van der Waals surface area contributed by atoms with Crippen LogP contribution in [0.5, 0.6) is 0 Å². The number of thiocarbonyl (C=S) groups is 1. The molecule has 8 N–H and O–H groups in total. The van der Waals surface area contributed by atoms with Crippen molar-refractivity contribution in [2.75, 3.05) is 13.1 Å². The Kier molecular flexibility index (Phi) is 28.7. The Morgan fingerprint density at radius 3 is 1.33 bits per heavy atom. The van der Waals surface area contributed by atoms with E-state index in [9.17, 15) is 0 Å². The molecular formula is C3H13N4NaS. The Labute approximate surface area is 84.1 Å². The molecule has 0 bridgehead atoms. The summed E-state index contributed by atoms with van der Waals surface area (Å²) in [6.07, 6.45) is 0. The summed E-state index contributed by atoms with van der Waals surface area (Å²) in [6.45, 7) is 1.19. The topological polar surface area (TPSA) is 104 Å². The summed E-state index contributed by atoms with van der Waals surface area (Å²) in [6, 6.07) is 0. The molecule has 52 valence electrons. The molecule has 0 aromatic carbocycles. The van der Waals surface area contributed by atoms with Crippen LogP contribution in [0, 0.1) is 0 Å². The van der Waals surface area contributed by atoms with Crippen molar-refractivity contribution in [2.24, 2.45) is 22.9 Å². The third-order valence-corrected chi connectivity index (χ3v) is 0.167. The minimum Gasteiger partial charge on any atom is -1.00 e. The second-order valence-electron chi connectivity index (χ2n) is 0.980. The van der Waals surface area contributed by atoms with Gasteiger partial charge in [-0.05, 0) is 12.2 Å². The molecule has 0 unspecified atom stereocenters. The predicted octanol–water partition coefficient (Wildman–Crippen LogP) is -4.79. The van der Waals surface area contributed by atoms with E-state index in [1.807, 2.05) is 0 Å². The molecule has 0 heterocycles. The zero-order chi connectivity index (χ0) is 6.99. The van der Waals surface area contributed by atoms with E-state index in [1.165, 1.54) is 0 Å². The normalized spacial score (nSPS) is 6.00. The van der Waals surface area contributed by atoms with Gasteiger partial charge in [0, 0.05) is 13.1 Å². The zero-order valence-electron chi connectivity index (χ0n) is 6.63. The summed E-state index contributed by atoms with van der Waals surface area (Å²) in [5, 5.41) is 0.000000000000000222. The summed E-state index contributed by atoms with van der Waals surface area (Å²) in [7, 11) is 0. The van der Waals surface area contributed by atoms with Crippen LogP contribution in [0.2, 0.25) is 0 Å². The molecule has 0 amide bonds. The van der Waals surface area contributed by atoms with Gasteiger partial charge in [0.05, 0.1) is 0 Å². The van der Waals surface area contributed by atoms with Crippen LogP contribution in [0.25, 0.3) is 0 Å². The van der Waals surface area contributed by atoms with Gasteiger partial charge in [0.15, 0.2) is 5.11 Å². The monoisotopic (exact) mass is 160 g/mol. The first-order valence-corrected chi connectivity index (χ1v) is 2.51. The molecule has 0 atom stereocenters. The molecule has 0 aliphatic carbocycles. The maximum atomic E-state index is 4.90. The van der Waals surface area contributed by atoms with Gasteiger partial charge in [-0.25, -0.2) is 0 Å². The van der Waals surface area contributed by atoms with Crippen LogP contribution < -0.4 is 52.5 Å². The molecule has 4 nitrogen and oxygen atoms in total. The van der Waals surface area contributed by atoms with Gasteiger partial charge in [0.2, 0.25) is 0 Å². The summed E-state index contributed by atoms with van der Waals surface area (Å²) in [4.78, 5) is 0. The van der Waals surface area contributed by atoms with Crippen molar-refractivity contribution >= 4 is 17.3 Å². The molecule has 0 aromatic rings. The third-order valence-electron chi connectivity index (χ3n) is 0.167. The van der Waals surface area contributed by atoms with Crippen molar-refractivity contribution < 1.29 is 31.0 Å². The number of hydrogen-bond donors (Lipinski definition) is 4. The fourth-order valence-electron chi connectivity index (χ4n) is 0. The summed E-state index contributed by atoms with van der Waals surface area (Å²) < 4.78 is 0. The Hall–Kier alpha value is 0.610. The van der Waals surface area contributed by atoms with Crippen molar-refractivity contribution in [1.82, 2.24) is 0 Å². The maximum absolute atomic E-state index is 4.90. The molecule has 6 heteroatoms. The van der Waals surface area contributed by atoms with Gasteiger partial charge in [0.25, 0.3) is 0 Å². The van der Waals surface area contributed by atoms with E-state index in [0.29, 0.717) is 13.1 Å². The van der Waals surface area contributed by atoms with E-state index >= 15 is 0 Å². The Balaban J connectivity index is -0.0000000300. The predicted molar refractivity (Wildman–Crippen MR) is 40.2 cm³/mol. The Morgan fingerprint density at radius 2 is 1.33 bits per heavy atom. The van der Waals surface area contributed by atoms with Crippen molar-refractivity contribution in [3.05, 3.63) is 0 Å². The molecule has 0 saturated carbocycles. The molecule has 0 saturated heterocycles. The van der Waals surface area contributed by atoms with Crippen molar-refractivity contribution in [1.29, 1.82) is 0 Å². The molecule has 0 radical (unpaired) electrons. The largest absolute Gasteiger partial charge is 1.00 e.